The minimum absolute atomic E-state index is 0.0192. The van der Waals surface area contributed by atoms with Crippen LogP contribution < -0.4 is 4.74 Å². The molecule has 0 spiro atoms. The summed E-state index contributed by atoms with van der Waals surface area (Å²) in [5, 5.41) is 0. The SMILES string of the molecule is CC(/C=C/[C@H]1C(C)CC(=O)C1C/C=C\CCCC(=O)OC(C)C)COc1cccc(C(F)(F)F)c1. The zero-order valence-corrected chi connectivity index (χ0v) is 21.0. The summed E-state index contributed by atoms with van der Waals surface area (Å²) in [4.78, 5) is 24.1. The van der Waals surface area contributed by atoms with Crippen molar-refractivity contribution in [2.75, 3.05) is 6.61 Å². The van der Waals surface area contributed by atoms with E-state index in [0.717, 1.165) is 18.6 Å². The number of benzene rings is 1. The number of ketones is 1. The van der Waals surface area contributed by atoms with E-state index >= 15 is 0 Å². The molecular weight excluding hydrogens is 457 g/mol. The maximum absolute atomic E-state index is 12.9. The molecule has 0 heterocycles. The number of rotatable bonds is 12. The van der Waals surface area contributed by atoms with Crippen LogP contribution in [-0.2, 0) is 20.5 Å². The first-order valence-corrected chi connectivity index (χ1v) is 12.3. The molecule has 7 heteroatoms. The predicted octanol–water partition coefficient (Wildman–Crippen LogP) is 7.19. The van der Waals surface area contributed by atoms with Crippen molar-refractivity contribution >= 4 is 11.8 Å². The molecule has 0 aromatic heterocycles. The van der Waals surface area contributed by atoms with Gasteiger partial charge >= 0.3 is 12.1 Å². The Morgan fingerprint density at radius 2 is 1.94 bits per heavy atom. The van der Waals surface area contributed by atoms with E-state index in [9.17, 15) is 22.8 Å². The molecule has 1 saturated carbocycles. The number of ether oxygens (including phenoxy) is 2. The van der Waals surface area contributed by atoms with Gasteiger partial charge < -0.3 is 9.47 Å². The van der Waals surface area contributed by atoms with E-state index in [-0.39, 0.29) is 53.9 Å². The molecule has 4 atom stereocenters. The second-order valence-corrected chi connectivity index (χ2v) is 9.67. The topological polar surface area (TPSA) is 52.6 Å². The Balaban J connectivity index is 1.83. The van der Waals surface area contributed by atoms with E-state index in [1.165, 1.54) is 12.1 Å². The third-order valence-electron chi connectivity index (χ3n) is 6.07. The number of hydrogen-bond donors (Lipinski definition) is 0. The molecule has 0 amide bonds. The zero-order valence-electron chi connectivity index (χ0n) is 21.0. The maximum Gasteiger partial charge on any atom is 0.416 e. The maximum atomic E-state index is 12.9. The normalized spacial score (nSPS) is 21.8. The average molecular weight is 495 g/mol. The molecule has 1 aliphatic carbocycles. The Bertz CT molecular complexity index is 888. The number of unbranched alkanes of at least 4 members (excludes halogenated alkanes) is 1. The molecular formula is C28H37F3O4. The zero-order chi connectivity index (χ0) is 26.0. The number of hydrogen-bond acceptors (Lipinski definition) is 4. The van der Waals surface area contributed by atoms with Gasteiger partial charge in [0, 0.05) is 24.7 Å². The Labute approximate surface area is 206 Å². The highest BCUT2D eigenvalue weighted by Crippen LogP contribution is 2.38. The van der Waals surface area contributed by atoms with Crippen molar-refractivity contribution < 1.29 is 32.2 Å². The van der Waals surface area contributed by atoms with E-state index in [1.54, 1.807) is 0 Å². The largest absolute Gasteiger partial charge is 0.493 e. The highest BCUT2D eigenvalue weighted by molar-refractivity contribution is 5.84. The quantitative estimate of drug-likeness (QED) is 0.175. The number of Topliss-reactive ketones (excluding diaryl/α,β-unsaturated/α-hetero) is 1. The summed E-state index contributed by atoms with van der Waals surface area (Å²) in [6.45, 7) is 7.90. The Kier molecular flexibility index (Phi) is 11.1. The Hall–Kier alpha value is -2.57. The number of halogens is 3. The van der Waals surface area contributed by atoms with Gasteiger partial charge in [-0.25, -0.2) is 0 Å². The minimum atomic E-state index is -4.40. The summed E-state index contributed by atoms with van der Waals surface area (Å²) < 4.78 is 49.3. The van der Waals surface area contributed by atoms with Gasteiger partial charge in [0.25, 0.3) is 0 Å². The fourth-order valence-corrected chi connectivity index (χ4v) is 4.24. The van der Waals surface area contributed by atoms with Crippen molar-refractivity contribution in [2.24, 2.45) is 23.7 Å². The minimum Gasteiger partial charge on any atom is -0.493 e. The van der Waals surface area contributed by atoms with Crippen molar-refractivity contribution in [2.45, 2.75) is 72.1 Å². The van der Waals surface area contributed by atoms with Crippen molar-refractivity contribution in [3.63, 3.8) is 0 Å². The Morgan fingerprint density at radius 1 is 1.20 bits per heavy atom. The Morgan fingerprint density at radius 3 is 2.63 bits per heavy atom. The molecule has 0 bridgehead atoms. The van der Waals surface area contributed by atoms with E-state index in [4.69, 9.17) is 9.47 Å². The fourth-order valence-electron chi connectivity index (χ4n) is 4.24. The van der Waals surface area contributed by atoms with Crippen LogP contribution in [0.2, 0.25) is 0 Å². The van der Waals surface area contributed by atoms with Crippen LogP contribution in [-0.4, -0.2) is 24.5 Å². The molecule has 0 radical (unpaired) electrons. The van der Waals surface area contributed by atoms with Gasteiger partial charge in [-0.2, -0.15) is 13.2 Å². The van der Waals surface area contributed by atoms with Gasteiger partial charge in [-0.05, 0) is 63.1 Å². The molecule has 3 unspecified atom stereocenters. The molecule has 1 aromatic carbocycles. The van der Waals surface area contributed by atoms with E-state index < -0.39 is 11.7 Å². The van der Waals surface area contributed by atoms with Crippen LogP contribution >= 0.6 is 0 Å². The second kappa shape index (κ2) is 13.5. The van der Waals surface area contributed by atoms with Crippen molar-refractivity contribution in [1.29, 1.82) is 0 Å². The highest BCUT2D eigenvalue weighted by atomic mass is 19.4. The lowest BCUT2D eigenvalue weighted by atomic mass is 9.86. The number of carbonyl (C=O) groups excluding carboxylic acids is 2. The summed E-state index contributed by atoms with van der Waals surface area (Å²) >= 11 is 0. The second-order valence-electron chi connectivity index (χ2n) is 9.67. The first-order chi connectivity index (χ1) is 16.5. The van der Waals surface area contributed by atoms with Crippen LogP contribution in [0.25, 0.3) is 0 Å². The van der Waals surface area contributed by atoms with Crippen LogP contribution in [0, 0.1) is 23.7 Å². The summed E-state index contributed by atoms with van der Waals surface area (Å²) in [7, 11) is 0. The number of carbonyl (C=O) groups is 2. The number of allylic oxidation sites excluding steroid dienone is 3. The van der Waals surface area contributed by atoms with Gasteiger partial charge in [-0.1, -0.05) is 44.2 Å². The standard InChI is InChI=1S/C28H37F3O4/c1-19(2)35-27(33)13-8-6-5-7-12-25-24(21(4)16-26(25)32)15-14-20(3)18-34-23-11-9-10-22(17-23)28(29,30)31/h5,7,9-11,14-15,17,19-21,24-25H,6,8,12-13,16,18H2,1-4H3/b7-5-,15-14+/t20?,21?,24-,25?/m0/s1. The molecule has 0 N–H and O–H groups in total. The summed E-state index contributed by atoms with van der Waals surface area (Å²) in [5.74, 6) is 0.498. The van der Waals surface area contributed by atoms with Gasteiger partial charge in [0.05, 0.1) is 18.3 Å². The molecule has 1 fully saturated rings. The van der Waals surface area contributed by atoms with Crippen LogP contribution in [0.3, 0.4) is 0 Å². The van der Waals surface area contributed by atoms with Crippen LogP contribution in [0.1, 0.15) is 65.4 Å². The number of alkyl halides is 3. The van der Waals surface area contributed by atoms with Crippen LogP contribution in [0.5, 0.6) is 5.75 Å². The molecule has 4 nitrogen and oxygen atoms in total. The van der Waals surface area contributed by atoms with E-state index in [0.29, 0.717) is 25.7 Å². The van der Waals surface area contributed by atoms with Gasteiger partial charge in [0.15, 0.2) is 0 Å². The summed E-state index contributed by atoms with van der Waals surface area (Å²) in [6, 6.07) is 4.87. The lowest BCUT2D eigenvalue weighted by molar-refractivity contribution is -0.147. The van der Waals surface area contributed by atoms with E-state index in [1.807, 2.05) is 39.0 Å². The third kappa shape index (κ3) is 9.90. The van der Waals surface area contributed by atoms with Crippen molar-refractivity contribution in [1.82, 2.24) is 0 Å². The highest BCUT2D eigenvalue weighted by Gasteiger charge is 2.37. The van der Waals surface area contributed by atoms with E-state index in [2.05, 4.69) is 13.0 Å². The third-order valence-corrected chi connectivity index (χ3v) is 6.07. The smallest absolute Gasteiger partial charge is 0.416 e. The molecule has 194 valence electrons. The molecule has 0 aliphatic heterocycles. The number of esters is 1. The van der Waals surface area contributed by atoms with Crippen molar-refractivity contribution in [3.8, 4) is 5.75 Å². The predicted molar refractivity (Wildman–Crippen MR) is 130 cm³/mol. The molecule has 0 saturated heterocycles. The van der Waals surface area contributed by atoms with Gasteiger partial charge in [0.1, 0.15) is 11.5 Å². The lowest BCUT2D eigenvalue weighted by Gasteiger charge is -2.18. The van der Waals surface area contributed by atoms with Crippen LogP contribution in [0.15, 0.2) is 48.6 Å². The molecule has 35 heavy (non-hydrogen) atoms. The fraction of sp³-hybridized carbons (Fsp3) is 0.571. The summed E-state index contributed by atoms with van der Waals surface area (Å²) in [6.07, 6.45) is 6.65. The van der Waals surface area contributed by atoms with Gasteiger partial charge in [-0.15, -0.1) is 0 Å². The first-order valence-electron chi connectivity index (χ1n) is 12.3. The average Bonchev–Trinajstić information content (AvgIpc) is 3.04. The van der Waals surface area contributed by atoms with Gasteiger partial charge in [0.2, 0.25) is 0 Å². The van der Waals surface area contributed by atoms with Gasteiger partial charge in [-0.3, -0.25) is 9.59 Å². The van der Waals surface area contributed by atoms with Crippen LogP contribution in [0.4, 0.5) is 13.2 Å². The lowest BCUT2D eigenvalue weighted by Crippen LogP contribution is -2.15. The molecule has 2 rings (SSSR count). The summed E-state index contributed by atoms with van der Waals surface area (Å²) in [5.41, 5.74) is -0.733. The first kappa shape index (κ1) is 28.7. The monoisotopic (exact) mass is 494 g/mol. The molecule has 1 aromatic rings. The molecule has 1 aliphatic rings. The van der Waals surface area contributed by atoms with Crippen molar-refractivity contribution in [3.05, 3.63) is 54.1 Å².